The second-order valence-electron chi connectivity index (χ2n) is 8.31. The summed E-state index contributed by atoms with van der Waals surface area (Å²) >= 11 is 0. The maximum atomic E-state index is 13.5. The third-order valence-electron chi connectivity index (χ3n) is 6.72. The number of likely N-dealkylation sites (N-methyl/N-ethyl adjacent to an activating group) is 1. The van der Waals surface area contributed by atoms with Crippen LogP contribution in [0, 0.1) is 22.0 Å². The SMILES string of the molecule is CN(C)CCN1C(=O)[C@@H]2C3c4ccccc4C([N+](=O)[O-])(c4ccccc43)[C@@H]2C1=O. The fourth-order valence-electron chi connectivity index (χ4n) is 5.62. The lowest BCUT2D eigenvalue weighted by Gasteiger charge is -2.48. The average molecular weight is 391 g/mol. The minimum Gasteiger partial charge on any atom is -0.308 e. The van der Waals surface area contributed by atoms with E-state index in [2.05, 4.69) is 0 Å². The summed E-state index contributed by atoms with van der Waals surface area (Å²) in [5.41, 5.74) is 0.947. The molecule has 0 N–H and O–H groups in total. The minimum atomic E-state index is -1.73. The third kappa shape index (κ3) is 2.05. The Morgan fingerprint density at radius 3 is 2.07 bits per heavy atom. The molecule has 1 fully saturated rings. The molecule has 2 aromatic carbocycles. The zero-order valence-corrected chi connectivity index (χ0v) is 16.2. The molecular formula is C22H21N3O4. The molecule has 6 rings (SSSR count). The molecule has 2 aromatic rings. The molecule has 0 unspecified atom stereocenters. The van der Waals surface area contributed by atoms with Crippen molar-refractivity contribution in [2.45, 2.75) is 11.5 Å². The Labute approximate surface area is 168 Å². The van der Waals surface area contributed by atoms with Crippen LogP contribution in [0.2, 0.25) is 0 Å². The highest BCUT2D eigenvalue weighted by Crippen LogP contribution is 2.64. The summed E-state index contributed by atoms with van der Waals surface area (Å²) in [6.07, 6.45) is 0. The number of hydrogen-bond donors (Lipinski definition) is 0. The highest BCUT2D eigenvalue weighted by molar-refractivity contribution is 6.08. The Kier molecular flexibility index (Phi) is 3.70. The van der Waals surface area contributed by atoms with E-state index in [0.717, 1.165) is 11.1 Å². The van der Waals surface area contributed by atoms with Gasteiger partial charge in [-0.25, -0.2) is 0 Å². The Bertz CT molecular complexity index is 1020. The fourth-order valence-corrected chi connectivity index (χ4v) is 5.62. The topological polar surface area (TPSA) is 83.8 Å². The van der Waals surface area contributed by atoms with E-state index in [4.69, 9.17) is 0 Å². The minimum absolute atomic E-state index is 0.241. The van der Waals surface area contributed by atoms with Crippen LogP contribution in [0.1, 0.15) is 28.2 Å². The van der Waals surface area contributed by atoms with Gasteiger partial charge in [0.25, 0.3) is 5.54 Å². The van der Waals surface area contributed by atoms with Crippen molar-refractivity contribution < 1.29 is 14.5 Å². The van der Waals surface area contributed by atoms with Gasteiger partial charge in [0.15, 0.2) is 0 Å². The first-order chi connectivity index (χ1) is 13.9. The third-order valence-corrected chi connectivity index (χ3v) is 6.72. The van der Waals surface area contributed by atoms with Gasteiger partial charge in [0, 0.05) is 35.1 Å². The van der Waals surface area contributed by atoms with Crippen LogP contribution in [0.3, 0.4) is 0 Å². The summed E-state index contributed by atoms with van der Waals surface area (Å²) in [4.78, 5) is 42.4. The molecule has 29 heavy (non-hydrogen) atoms. The summed E-state index contributed by atoms with van der Waals surface area (Å²) in [6.45, 7) is 0.762. The van der Waals surface area contributed by atoms with Crippen LogP contribution in [0.25, 0.3) is 0 Å². The van der Waals surface area contributed by atoms with Gasteiger partial charge in [-0.1, -0.05) is 48.5 Å². The second-order valence-corrected chi connectivity index (χ2v) is 8.31. The molecule has 0 radical (unpaired) electrons. The summed E-state index contributed by atoms with van der Waals surface area (Å²) in [6, 6.07) is 14.5. The summed E-state index contributed by atoms with van der Waals surface area (Å²) in [5, 5.41) is 12.7. The fraction of sp³-hybridized carbons (Fsp3) is 0.364. The van der Waals surface area contributed by atoms with Crippen molar-refractivity contribution in [2.75, 3.05) is 27.2 Å². The standard InChI is InChI=1S/C22H21N3O4/c1-23(2)11-12-24-20(26)18-17-13-7-3-5-9-15(13)22(25(28)29,19(18)21(24)27)16-10-6-4-8-14(16)17/h3-10,17-19H,11-12H2,1-2H3/t17?,18-,19+,22?/m1/s1. The van der Waals surface area contributed by atoms with E-state index in [1.807, 2.05) is 43.3 Å². The highest BCUT2D eigenvalue weighted by Gasteiger charge is 2.74. The number of likely N-dealkylation sites (tertiary alicyclic amines) is 1. The van der Waals surface area contributed by atoms with E-state index in [9.17, 15) is 19.7 Å². The predicted molar refractivity (Wildman–Crippen MR) is 105 cm³/mol. The van der Waals surface area contributed by atoms with Crippen LogP contribution in [0.4, 0.5) is 0 Å². The van der Waals surface area contributed by atoms with Crippen LogP contribution in [0.5, 0.6) is 0 Å². The van der Waals surface area contributed by atoms with Gasteiger partial charge < -0.3 is 4.90 Å². The first-order valence-corrected chi connectivity index (χ1v) is 9.74. The number of hydrogen-bond acceptors (Lipinski definition) is 5. The number of amides is 2. The molecule has 7 heteroatoms. The zero-order chi connectivity index (χ0) is 20.5. The number of carbonyl (C=O) groups excluding carboxylic acids is 2. The van der Waals surface area contributed by atoms with E-state index >= 15 is 0 Å². The van der Waals surface area contributed by atoms with Gasteiger partial charge in [-0.2, -0.15) is 0 Å². The van der Waals surface area contributed by atoms with Crippen molar-refractivity contribution in [3.05, 3.63) is 80.9 Å². The number of carbonyl (C=O) groups is 2. The molecule has 1 saturated heterocycles. The summed E-state index contributed by atoms with van der Waals surface area (Å²) in [5.74, 6) is -2.80. The summed E-state index contributed by atoms with van der Waals surface area (Å²) in [7, 11) is 3.73. The molecule has 148 valence electrons. The van der Waals surface area contributed by atoms with Gasteiger partial charge in [0.05, 0.1) is 5.92 Å². The highest BCUT2D eigenvalue weighted by atomic mass is 16.6. The van der Waals surface area contributed by atoms with Crippen molar-refractivity contribution in [2.24, 2.45) is 11.8 Å². The molecule has 4 aliphatic rings. The van der Waals surface area contributed by atoms with E-state index < -0.39 is 23.3 Å². The van der Waals surface area contributed by atoms with Crippen LogP contribution in [-0.2, 0) is 15.1 Å². The molecular weight excluding hydrogens is 370 g/mol. The lowest BCUT2D eigenvalue weighted by molar-refractivity contribution is -0.578. The quantitative estimate of drug-likeness (QED) is 0.451. The first kappa shape index (κ1) is 18.0. The molecule has 0 aromatic heterocycles. The maximum absolute atomic E-state index is 13.5. The van der Waals surface area contributed by atoms with Crippen LogP contribution in [-0.4, -0.2) is 53.7 Å². The van der Waals surface area contributed by atoms with E-state index in [-0.39, 0.29) is 23.3 Å². The summed E-state index contributed by atoms with van der Waals surface area (Å²) < 4.78 is 0. The van der Waals surface area contributed by atoms with Gasteiger partial charge in [-0.05, 0) is 25.2 Å². The smallest absolute Gasteiger partial charge is 0.284 e. The second kappa shape index (κ2) is 5.97. The first-order valence-electron chi connectivity index (χ1n) is 9.74. The van der Waals surface area contributed by atoms with Gasteiger partial charge in [-0.15, -0.1) is 0 Å². The van der Waals surface area contributed by atoms with Gasteiger partial charge in [0.1, 0.15) is 5.92 Å². The Morgan fingerprint density at radius 2 is 1.55 bits per heavy atom. The van der Waals surface area contributed by atoms with Crippen LogP contribution >= 0.6 is 0 Å². The predicted octanol–water partition coefficient (Wildman–Crippen LogP) is 1.83. The Morgan fingerprint density at radius 1 is 1.00 bits per heavy atom. The number of imide groups is 1. The Hall–Kier alpha value is -3.06. The molecule has 3 aliphatic carbocycles. The van der Waals surface area contributed by atoms with E-state index in [1.54, 1.807) is 24.3 Å². The normalized spacial score (nSPS) is 29.1. The van der Waals surface area contributed by atoms with Crippen molar-refractivity contribution in [1.29, 1.82) is 0 Å². The maximum Gasteiger partial charge on any atom is 0.284 e. The van der Waals surface area contributed by atoms with E-state index in [0.29, 0.717) is 17.7 Å². The number of rotatable bonds is 4. The van der Waals surface area contributed by atoms with E-state index in [1.165, 1.54) is 4.90 Å². The molecule has 7 nitrogen and oxygen atoms in total. The van der Waals surface area contributed by atoms with Gasteiger partial charge >= 0.3 is 0 Å². The zero-order valence-electron chi connectivity index (χ0n) is 16.2. The molecule has 2 bridgehead atoms. The van der Waals surface area contributed by atoms with Gasteiger partial charge in [-0.3, -0.25) is 24.6 Å². The Balaban J connectivity index is 1.79. The number of nitro groups is 1. The molecule has 0 spiro atoms. The van der Waals surface area contributed by atoms with Crippen LogP contribution < -0.4 is 0 Å². The lowest BCUT2D eigenvalue weighted by Crippen LogP contribution is -2.57. The van der Waals surface area contributed by atoms with Crippen LogP contribution in [0.15, 0.2) is 48.5 Å². The molecule has 1 aliphatic heterocycles. The monoisotopic (exact) mass is 391 g/mol. The van der Waals surface area contributed by atoms with Gasteiger partial charge in [0.2, 0.25) is 11.8 Å². The van der Waals surface area contributed by atoms with Crippen molar-refractivity contribution in [3.63, 3.8) is 0 Å². The number of benzene rings is 2. The molecule has 1 heterocycles. The average Bonchev–Trinajstić information content (AvgIpc) is 2.97. The van der Waals surface area contributed by atoms with Crippen molar-refractivity contribution >= 4 is 11.8 Å². The van der Waals surface area contributed by atoms with Crippen molar-refractivity contribution in [3.8, 4) is 0 Å². The molecule has 2 atom stereocenters. The lowest BCUT2D eigenvalue weighted by atomic mass is 9.51. The molecule has 2 amide bonds. The molecule has 0 saturated carbocycles. The van der Waals surface area contributed by atoms with Crippen molar-refractivity contribution in [1.82, 2.24) is 9.80 Å². The number of nitrogens with zero attached hydrogens (tertiary/aromatic N) is 3. The largest absolute Gasteiger partial charge is 0.308 e.